The molecular formula is C18H29F2IN4. The van der Waals surface area contributed by atoms with Crippen LogP contribution >= 0.6 is 24.0 Å². The molecule has 0 aromatic heterocycles. The van der Waals surface area contributed by atoms with Gasteiger partial charge in [-0.1, -0.05) is 19.9 Å². The van der Waals surface area contributed by atoms with E-state index < -0.39 is 11.6 Å². The molecule has 1 aromatic rings. The fraction of sp³-hybridized carbons (Fsp3) is 0.611. The number of benzene rings is 1. The number of piperazine rings is 1. The molecule has 0 atom stereocenters. The summed E-state index contributed by atoms with van der Waals surface area (Å²) in [6, 6.07) is 3.72. The van der Waals surface area contributed by atoms with E-state index in [9.17, 15) is 8.78 Å². The maximum absolute atomic E-state index is 13.6. The second-order valence-electron chi connectivity index (χ2n) is 6.64. The zero-order valence-electron chi connectivity index (χ0n) is 15.3. The number of nitrogens with one attached hydrogen (secondary N) is 1. The highest BCUT2D eigenvalue weighted by molar-refractivity contribution is 14.0. The second kappa shape index (κ2) is 10.9. The molecule has 1 aliphatic heterocycles. The molecule has 1 aliphatic rings. The van der Waals surface area contributed by atoms with Crippen LogP contribution in [0.3, 0.4) is 0 Å². The van der Waals surface area contributed by atoms with Crippen molar-refractivity contribution in [1.82, 2.24) is 15.1 Å². The molecule has 1 saturated heterocycles. The molecule has 1 aromatic carbocycles. The second-order valence-corrected chi connectivity index (χ2v) is 6.64. The van der Waals surface area contributed by atoms with Crippen molar-refractivity contribution in [3.8, 4) is 0 Å². The Morgan fingerprint density at radius 2 is 1.88 bits per heavy atom. The highest BCUT2D eigenvalue weighted by Crippen LogP contribution is 2.10. The van der Waals surface area contributed by atoms with Crippen LogP contribution in [0.1, 0.15) is 19.4 Å². The predicted molar refractivity (Wildman–Crippen MR) is 110 cm³/mol. The van der Waals surface area contributed by atoms with Crippen LogP contribution in [-0.4, -0.2) is 62.1 Å². The Hall–Kier alpha value is -0.960. The lowest BCUT2D eigenvalue weighted by Crippen LogP contribution is -2.53. The summed E-state index contributed by atoms with van der Waals surface area (Å²) < 4.78 is 26.6. The van der Waals surface area contributed by atoms with E-state index in [-0.39, 0.29) is 24.0 Å². The lowest BCUT2D eigenvalue weighted by Gasteiger charge is -2.37. The number of rotatable bonds is 5. The Labute approximate surface area is 166 Å². The summed E-state index contributed by atoms with van der Waals surface area (Å²) in [6.07, 6.45) is 0.498. The SMILES string of the molecule is CN=C(NCCc1ccc(F)cc1F)N1CCN(CC(C)C)CC1.I. The minimum Gasteiger partial charge on any atom is -0.356 e. The van der Waals surface area contributed by atoms with Gasteiger partial charge in [-0.25, -0.2) is 8.78 Å². The Balaban J connectivity index is 0.00000312. The van der Waals surface area contributed by atoms with E-state index in [0.29, 0.717) is 24.4 Å². The van der Waals surface area contributed by atoms with Gasteiger partial charge in [-0.15, -0.1) is 24.0 Å². The molecule has 1 N–H and O–H groups in total. The van der Waals surface area contributed by atoms with Crippen LogP contribution in [0.5, 0.6) is 0 Å². The van der Waals surface area contributed by atoms with Crippen LogP contribution in [0.15, 0.2) is 23.2 Å². The van der Waals surface area contributed by atoms with Crippen LogP contribution in [0.25, 0.3) is 0 Å². The Morgan fingerprint density at radius 1 is 1.20 bits per heavy atom. The molecule has 0 amide bonds. The molecule has 0 spiro atoms. The summed E-state index contributed by atoms with van der Waals surface area (Å²) >= 11 is 0. The summed E-state index contributed by atoms with van der Waals surface area (Å²) in [5.41, 5.74) is 0.515. The average molecular weight is 466 g/mol. The van der Waals surface area contributed by atoms with Gasteiger partial charge in [-0.2, -0.15) is 0 Å². The van der Waals surface area contributed by atoms with Crippen molar-refractivity contribution in [2.24, 2.45) is 10.9 Å². The molecule has 2 rings (SSSR count). The van der Waals surface area contributed by atoms with Crippen LogP contribution < -0.4 is 5.32 Å². The Bertz CT molecular complexity index is 558. The third-order valence-corrected chi connectivity index (χ3v) is 4.20. The average Bonchev–Trinajstić information content (AvgIpc) is 2.54. The van der Waals surface area contributed by atoms with E-state index in [1.807, 2.05) is 0 Å². The number of guanidine groups is 1. The van der Waals surface area contributed by atoms with Gasteiger partial charge in [0.15, 0.2) is 5.96 Å². The molecule has 142 valence electrons. The molecule has 7 heteroatoms. The molecule has 0 unspecified atom stereocenters. The van der Waals surface area contributed by atoms with Gasteiger partial charge >= 0.3 is 0 Å². The third kappa shape index (κ3) is 7.05. The minimum atomic E-state index is -0.542. The van der Waals surface area contributed by atoms with Gasteiger partial charge in [0.25, 0.3) is 0 Å². The van der Waals surface area contributed by atoms with Gasteiger partial charge in [0, 0.05) is 52.4 Å². The third-order valence-electron chi connectivity index (χ3n) is 4.20. The van der Waals surface area contributed by atoms with Gasteiger partial charge < -0.3 is 10.2 Å². The van der Waals surface area contributed by atoms with Crippen LogP contribution in [-0.2, 0) is 6.42 Å². The van der Waals surface area contributed by atoms with Gasteiger partial charge in [-0.05, 0) is 24.0 Å². The molecule has 1 fully saturated rings. The van der Waals surface area contributed by atoms with Gasteiger partial charge in [-0.3, -0.25) is 9.89 Å². The van der Waals surface area contributed by atoms with Crippen molar-refractivity contribution in [1.29, 1.82) is 0 Å². The van der Waals surface area contributed by atoms with Crippen molar-refractivity contribution in [2.75, 3.05) is 46.3 Å². The van der Waals surface area contributed by atoms with Crippen molar-refractivity contribution in [3.63, 3.8) is 0 Å². The van der Waals surface area contributed by atoms with Crippen molar-refractivity contribution < 1.29 is 8.78 Å². The maximum Gasteiger partial charge on any atom is 0.193 e. The molecule has 0 aliphatic carbocycles. The van der Waals surface area contributed by atoms with Gasteiger partial charge in [0.1, 0.15) is 11.6 Å². The number of hydrogen-bond acceptors (Lipinski definition) is 2. The molecule has 0 radical (unpaired) electrons. The van der Waals surface area contributed by atoms with Gasteiger partial charge in [0.2, 0.25) is 0 Å². The fourth-order valence-electron chi connectivity index (χ4n) is 3.02. The smallest absolute Gasteiger partial charge is 0.193 e. The molecular weight excluding hydrogens is 437 g/mol. The summed E-state index contributed by atoms with van der Waals surface area (Å²) in [6.45, 7) is 10.1. The summed E-state index contributed by atoms with van der Waals surface area (Å²) in [5.74, 6) is 0.495. The van der Waals surface area contributed by atoms with Crippen LogP contribution in [0, 0.1) is 17.6 Å². The normalized spacial score (nSPS) is 16.1. The summed E-state index contributed by atoms with van der Waals surface area (Å²) in [7, 11) is 1.77. The van der Waals surface area contributed by atoms with Crippen LogP contribution in [0.4, 0.5) is 8.78 Å². The molecule has 1 heterocycles. The zero-order valence-corrected chi connectivity index (χ0v) is 17.6. The minimum absolute atomic E-state index is 0. The molecule has 0 saturated carbocycles. The predicted octanol–water partition coefficient (Wildman–Crippen LogP) is 2.97. The van der Waals surface area contributed by atoms with E-state index in [4.69, 9.17) is 0 Å². The lowest BCUT2D eigenvalue weighted by molar-refractivity contribution is 0.164. The Morgan fingerprint density at radius 3 is 2.44 bits per heavy atom. The highest BCUT2D eigenvalue weighted by atomic mass is 127. The fourth-order valence-corrected chi connectivity index (χ4v) is 3.02. The number of aliphatic imine (C=N–C) groups is 1. The maximum atomic E-state index is 13.6. The summed E-state index contributed by atoms with van der Waals surface area (Å²) in [5, 5.41) is 3.28. The monoisotopic (exact) mass is 466 g/mol. The van der Waals surface area contributed by atoms with E-state index >= 15 is 0 Å². The standard InChI is InChI=1S/C18H28F2N4.HI/c1-14(2)13-23-8-10-24(11-9-23)18(21-3)22-7-6-15-4-5-16(19)12-17(15)20;/h4-5,12,14H,6-11,13H2,1-3H3,(H,21,22);1H. The number of halogens is 3. The first-order valence-electron chi connectivity index (χ1n) is 8.61. The molecule has 25 heavy (non-hydrogen) atoms. The topological polar surface area (TPSA) is 30.9 Å². The van der Waals surface area contributed by atoms with Crippen molar-refractivity contribution in [2.45, 2.75) is 20.3 Å². The zero-order chi connectivity index (χ0) is 17.5. The first-order chi connectivity index (χ1) is 11.5. The summed E-state index contributed by atoms with van der Waals surface area (Å²) in [4.78, 5) is 9.03. The van der Waals surface area contributed by atoms with E-state index in [2.05, 4.69) is 34.0 Å². The van der Waals surface area contributed by atoms with Crippen molar-refractivity contribution in [3.05, 3.63) is 35.4 Å². The van der Waals surface area contributed by atoms with Gasteiger partial charge in [0.05, 0.1) is 0 Å². The molecule has 0 bridgehead atoms. The van der Waals surface area contributed by atoms with Crippen LogP contribution in [0.2, 0.25) is 0 Å². The molecule has 4 nitrogen and oxygen atoms in total. The first kappa shape index (κ1) is 22.1. The first-order valence-corrected chi connectivity index (χ1v) is 8.61. The van der Waals surface area contributed by atoms with E-state index in [1.165, 1.54) is 12.1 Å². The largest absolute Gasteiger partial charge is 0.356 e. The number of nitrogens with zero attached hydrogens (tertiary/aromatic N) is 3. The Kier molecular flexibility index (Phi) is 9.63. The van der Waals surface area contributed by atoms with E-state index in [1.54, 1.807) is 7.05 Å². The lowest BCUT2D eigenvalue weighted by atomic mass is 10.1. The quantitative estimate of drug-likeness (QED) is 0.412. The van der Waals surface area contributed by atoms with Crippen molar-refractivity contribution >= 4 is 29.9 Å². The number of hydrogen-bond donors (Lipinski definition) is 1. The highest BCUT2D eigenvalue weighted by Gasteiger charge is 2.19. The van der Waals surface area contributed by atoms with E-state index in [0.717, 1.165) is 44.7 Å².